The predicted molar refractivity (Wildman–Crippen MR) is 114 cm³/mol. The van der Waals surface area contributed by atoms with Crippen molar-refractivity contribution in [2.75, 3.05) is 30.5 Å². The first-order valence-electron chi connectivity index (χ1n) is 10.3. The zero-order valence-corrected chi connectivity index (χ0v) is 17.1. The molecule has 2 fully saturated rings. The Hall–Kier alpha value is -3.00. The van der Waals surface area contributed by atoms with Crippen molar-refractivity contribution in [2.45, 2.75) is 31.3 Å². The van der Waals surface area contributed by atoms with Gasteiger partial charge in [-0.2, -0.15) is 0 Å². The molecule has 5 nitrogen and oxygen atoms in total. The number of alkyl halides is 3. The van der Waals surface area contributed by atoms with Crippen molar-refractivity contribution < 1.29 is 17.9 Å². The molecule has 31 heavy (non-hydrogen) atoms. The Balaban J connectivity index is 1.37. The van der Waals surface area contributed by atoms with Gasteiger partial charge in [0.1, 0.15) is 5.75 Å². The Labute approximate surface area is 178 Å². The highest BCUT2D eigenvalue weighted by Crippen LogP contribution is 2.48. The summed E-state index contributed by atoms with van der Waals surface area (Å²) in [6.45, 7) is 2.39. The molecule has 5 rings (SSSR count). The second-order valence-corrected chi connectivity index (χ2v) is 8.22. The molecule has 2 heterocycles. The topological polar surface area (TPSA) is 40.6 Å². The summed E-state index contributed by atoms with van der Waals surface area (Å²) in [4.78, 5) is 9.22. The highest BCUT2D eigenvalue weighted by Gasteiger charge is 2.53. The van der Waals surface area contributed by atoms with E-state index in [-0.39, 0.29) is 11.3 Å². The minimum absolute atomic E-state index is 0.130. The number of nitrogens with one attached hydrogen (secondary N) is 1. The molecule has 1 aromatic heterocycles. The summed E-state index contributed by atoms with van der Waals surface area (Å²) < 4.78 is 41.3. The Morgan fingerprint density at radius 2 is 1.87 bits per heavy atom. The first-order chi connectivity index (χ1) is 14.9. The van der Waals surface area contributed by atoms with Crippen LogP contribution in [0.15, 0.2) is 54.7 Å². The molecule has 1 spiro atoms. The molecule has 1 saturated carbocycles. The summed E-state index contributed by atoms with van der Waals surface area (Å²) >= 11 is 0. The van der Waals surface area contributed by atoms with Crippen molar-refractivity contribution >= 4 is 22.3 Å². The van der Waals surface area contributed by atoms with Gasteiger partial charge < -0.3 is 15.0 Å². The van der Waals surface area contributed by atoms with E-state index < -0.39 is 6.36 Å². The molecule has 0 amide bonds. The van der Waals surface area contributed by atoms with Crippen LogP contribution >= 0.6 is 0 Å². The molecule has 2 aliphatic rings. The van der Waals surface area contributed by atoms with E-state index in [2.05, 4.69) is 37.0 Å². The lowest BCUT2D eigenvalue weighted by Crippen LogP contribution is -2.32. The Bertz CT molecular complexity index is 1090. The zero-order chi connectivity index (χ0) is 21.6. The van der Waals surface area contributed by atoms with Gasteiger partial charge in [-0.05, 0) is 60.9 Å². The van der Waals surface area contributed by atoms with E-state index in [4.69, 9.17) is 0 Å². The Morgan fingerprint density at radius 1 is 1.10 bits per heavy atom. The van der Waals surface area contributed by atoms with E-state index in [0.717, 1.165) is 54.9 Å². The molecule has 1 saturated heterocycles. The Morgan fingerprint density at radius 3 is 2.55 bits per heavy atom. The van der Waals surface area contributed by atoms with Crippen LogP contribution in [0.2, 0.25) is 0 Å². The largest absolute Gasteiger partial charge is 0.573 e. The molecular weight excluding hydrogens is 405 g/mol. The number of aromatic nitrogens is 1. The SMILES string of the molecule is CNc1cccc2nccc(CN3CN(c4ccc(OC(F)(F)F)cc4)CC34CC4)c12. The molecule has 1 N–H and O–H groups in total. The summed E-state index contributed by atoms with van der Waals surface area (Å²) in [5, 5.41) is 4.40. The van der Waals surface area contributed by atoms with Crippen LogP contribution in [0.4, 0.5) is 24.5 Å². The number of halogens is 3. The predicted octanol–water partition coefficient (Wildman–Crippen LogP) is 4.99. The molecule has 2 aromatic carbocycles. The number of anilines is 2. The van der Waals surface area contributed by atoms with Crippen molar-refractivity contribution in [3.8, 4) is 5.75 Å². The maximum absolute atomic E-state index is 12.4. The van der Waals surface area contributed by atoms with Crippen LogP contribution in [0.5, 0.6) is 5.75 Å². The summed E-state index contributed by atoms with van der Waals surface area (Å²) in [6, 6.07) is 14.3. The molecule has 0 radical (unpaired) electrons. The second kappa shape index (κ2) is 7.30. The number of hydrogen-bond acceptors (Lipinski definition) is 5. The molecule has 8 heteroatoms. The van der Waals surface area contributed by atoms with Gasteiger partial charge in [0.2, 0.25) is 0 Å². The van der Waals surface area contributed by atoms with Crippen LogP contribution in [0.1, 0.15) is 18.4 Å². The number of hydrogen-bond donors (Lipinski definition) is 1. The molecule has 0 unspecified atom stereocenters. The van der Waals surface area contributed by atoms with Gasteiger partial charge in [0.25, 0.3) is 0 Å². The van der Waals surface area contributed by atoms with Crippen LogP contribution < -0.4 is 15.0 Å². The lowest BCUT2D eigenvalue weighted by molar-refractivity contribution is -0.274. The summed E-state index contributed by atoms with van der Waals surface area (Å²) in [5.74, 6) is -0.198. The first-order valence-corrected chi connectivity index (χ1v) is 10.3. The second-order valence-electron chi connectivity index (χ2n) is 8.22. The van der Waals surface area contributed by atoms with E-state index in [1.807, 2.05) is 25.4 Å². The lowest BCUT2D eigenvalue weighted by Gasteiger charge is -2.24. The van der Waals surface area contributed by atoms with Gasteiger partial charge in [0.05, 0.1) is 12.2 Å². The maximum Gasteiger partial charge on any atom is 0.573 e. The summed E-state index contributed by atoms with van der Waals surface area (Å²) in [7, 11) is 1.91. The molecule has 0 bridgehead atoms. The van der Waals surface area contributed by atoms with Crippen LogP contribution in [0.3, 0.4) is 0 Å². The fourth-order valence-electron chi connectivity index (χ4n) is 4.55. The van der Waals surface area contributed by atoms with Crippen LogP contribution in [0.25, 0.3) is 10.9 Å². The van der Waals surface area contributed by atoms with Gasteiger partial charge in [-0.3, -0.25) is 9.88 Å². The monoisotopic (exact) mass is 428 g/mol. The highest BCUT2D eigenvalue weighted by atomic mass is 19.4. The zero-order valence-electron chi connectivity index (χ0n) is 17.1. The summed E-state index contributed by atoms with van der Waals surface area (Å²) in [5.41, 5.74) is 4.27. The van der Waals surface area contributed by atoms with E-state index in [1.54, 1.807) is 12.1 Å². The van der Waals surface area contributed by atoms with Crippen molar-refractivity contribution in [1.82, 2.24) is 9.88 Å². The fraction of sp³-hybridized carbons (Fsp3) is 0.348. The van der Waals surface area contributed by atoms with Crippen molar-refractivity contribution in [1.29, 1.82) is 0 Å². The normalized spacial score (nSPS) is 18.0. The van der Waals surface area contributed by atoms with Crippen molar-refractivity contribution in [3.63, 3.8) is 0 Å². The smallest absolute Gasteiger partial charge is 0.406 e. The van der Waals surface area contributed by atoms with Crippen LogP contribution in [0, 0.1) is 0 Å². The fourth-order valence-corrected chi connectivity index (χ4v) is 4.55. The molecular formula is C23H23F3N4O. The third kappa shape index (κ3) is 3.87. The molecule has 0 atom stereocenters. The third-order valence-corrected chi connectivity index (χ3v) is 6.24. The van der Waals surface area contributed by atoms with E-state index in [1.165, 1.54) is 17.7 Å². The number of benzene rings is 2. The van der Waals surface area contributed by atoms with E-state index in [9.17, 15) is 13.2 Å². The first kappa shape index (κ1) is 19.9. The lowest BCUT2D eigenvalue weighted by atomic mass is 10.1. The van der Waals surface area contributed by atoms with Gasteiger partial charge in [0.15, 0.2) is 0 Å². The standard InChI is InChI=1S/C23H23F3N4O/c1-27-19-3-2-4-20-21(19)16(9-12-28-20)13-30-15-29(14-22(30)10-11-22)17-5-7-18(8-6-17)31-23(24,25)26/h2-9,12,27H,10-11,13-15H2,1H3. The quantitative estimate of drug-likeness (QED) is 0.620. The minimum Gasteiger partial charge on any atom is -0.406 e. The van der Waals surface area contributed by atoms with Crippen molar-refractivity contribution in [3.05, 3.63) is 60.3 Å². The van der Waals surface area contributed by atoms with Gasteiger partial charge in [-0.25, -0.2) is 0 Å². The van der Waals surface area contributed by atoms with Crippen molar-refractivity contribution in [2.24, 2.45) is 0 Å². The average molecular weight is 428 g/mol. The van der Waals surface area contributed by atoms with Gasteiger partial charge in [0, 0.05) is 48.6 Å². The minimum atomic E-state index is -4.68. The molecule has 1 aliphatic carbocycles. The number of nitrogens with zero attached hydrogens (tertiary/aromatic N) is 3. The number of fused-ring (bicyclic) bond motifs is 1. The molecule has 162 valence electrons. The van der Waals surface area contributed by atoms with Gasteiger partial charge in [-0.15, -0.1) is 13.2 Å². The van der Waals surface area contributed by atoms with Crippen LogP contribution in [-0.4, -0.2) is 42.0 Å². The number of ether oxygens (including phenoxy) is 1. The average Bonchev–Trinajstić information content (AvgIpc) is 3.43. The number of rotatable bonds is 5. The maximum atomic E-state index is 12.4. The summed E-state index contributed by atoms with van der Waals surface area (Å²) in [6.07, 6.45) is -0.575. The molecule has 1 aliphatic heterocycles. The Kier molecular flexibility index (Phi) is 4.69. The number of pyridine rings is 1. The highest BCUT2D eigenvalue weighted by molar-refractivity contribution is 5.94. The third-order valence-electron chi connectivity index (χ3n) is 6.24. The van der Waals surface area contributed by atoms with E-state index >= 15 is 0 Å². The molecule has 3 aromatic rings. The van der Waals surface area contributed by atoms with Gasteiger partial charge in [-0.1, -0.05) is 6.07 Å². The van der Waals surface area contributed by atoms with Gasteiger partial charge >= 0.3 is 6.36 Å². The van der Waals surface area contributed by atoms with E-state index in [0.29, 0.717) is 0 Å². The van der Waals surface area contributed by atoms with Crippen LogP contribution in [-0.2, 0) is 6.54 Å².